The fourth-order valence-electron chi connectivity index (χ4n) is 4.88. The number of piperidine rings is 1. The molecule has 1 aliphatic heterocycles. The summed E-state index contributed by atoms with van der Waals surface area (Å²) in [5.74, 6) is -0.924. The maximum absolute atomic E-state index is 13.8. The van der Waals surface area contributed by atoms with E-state index in [9.17, 15) is 14.4 Å². The number of benzene rings is 2. The summed E-state index contributed by atoms with van der Waals surface area (Å²) in [5, 5.41) is 3.87. The lowest BCUT2D eigenvalue weighted by Crippen LogP contribution is -2.49. The molecule has 3 atom stereocenters. The largest absolute Gasteiger partial charge is 0.465 e. The van der Waals surface area contributed by atoms with E-state index in [1.807, 2.05) is 53.4 Å². The van der Waals surface area contributed by atoms with E-state index in [2.05, 4.69) is 5.32 Å². The second-order valence-corrected chi connectivity index (χ2v) is 10.2. The zero-order valence-corrected chi connectivity index (χ0v) is 21.2. The van der Waals surface area contributed by atoms with Gasteiger partial charge < -0.3 is 15.0 Å². The first kappa shape index (κ1) is 25.5. The molecule has 1 N–H and O–H groups in total. The smallest absolute Gasteiger partial charge is 0.325 e. The van der Waals surface area contributed by atoms with Gasteiger partial charge in [-0.15, -0.1) is 0 Å². The first-order valence-electron chi connectivity index (χ1n) is 12.1. The molecule has 0 spiro atoms. The van der Waals surface area contributed by atoms with Crippen molar-refractivity contribution in [2.24, 2.45) is 11.8 Å². The Bertz CT molecular complexity index is 1070. The van der Waals surface area contributed by atoms with Crippen LogP contribution in [0.2, 0.25) is 10.0 Å². The van der Waals surface area contributed by atoms with Gasteiger partial charge in [0.2, 0.25) is 11.8 Å². The van der Waals surface area contributed by atoms with Crippen LogP contribution >= 0.6 is 23.2 Å². The molecule has 0 unspecified atom stereocenters. The minimum Gasteiger partial charge on any atom is -0.465 e. The Morgan fingerprint density at radius 3 is 2.46 bits per heavy atom. The predicted octanol–water partition coefficient (Wildman–Crippen LogP) is 5.15. The highest BCUT2D eigenvalue weighted by molar-refractivity contribution is 6.30. The molecule has 186 valence electrons. The normalized spacial score (nSPS) is 22.1. The average molecular weight is 517 g/mol. The molecular weight excluding hydrogens is 487 g/mol. The molecular formula is C27H30Cl2N2O4. The van der Waals surface area contributed by atoms with Crippen molar-refractivity contribution in [2.45, 2.75) is 44.6 Å². The number of carbonyl (C=O) groups excluding carboxylic acids is 3. The van der Waals surface area contributed by atoms with Crippen molar-refractivity contribution in [3.8, 4) is 0 Å². The van der Waals surface area contributed by atoms with Gasteiger partial charge in [0.1, 0.15) is 6.54 Å². The van der Waals surface area contributed by atoms with Crippen molar-refractivity contribution in [3.05, 3.63) is 69.7 Å². The van der Waals surface area contributed by atoms with Crippen LogP contribution < -0.4 is 5.32 Å². The number of amides is 2. The van der Waals surface area contributed by atoms with Crippen molar-refractivity contribution in [1.29, 1.82) is 0 Å². The highest BCUT2D eigenvalue weighted by atomic mass is 35.5. The first-order chi connectivity index (χ1) is 16.9. The number of hydrogen-bond acceptors (Lipinski definition) is 4. The Labute approximate surface area is 215 Å². The van der Waals surface area contributed by atoms with E-state index in [1.54, 1.807) is 6.92 Å². The lowest BCUT2D eigenvalue weighted by atomic mass is 9.74. The molecule has 1 saturated carbocycles. The van der Waals surface area contributed by atoms with Gasteiger partial charge in [0.25, 0.3) is 0 Å². The Kier molecular flexibility index (Phi) is 8.34. The molecule has 0 radical (unpaired) electrons. The molecule has 1 saturated heterocycles. The number of rotatable bonds is 9. The van der Waals surface area contributed by atoms with Crippen LogP contribution in [-0.4, -0.2) is 42.4 Å². The van der Waals surface area contributed by atoms with Crippen LogP contribution in [-0.2, 0) is 19.1 Å². The second kappa shape index (κ2) is 11.4. The van der Waals surface area contributed by atoms with E-state index >= 15 is 0 Å². The third-order valence-corrected chi connectivity index (χ3v) is 7.18. The van der Waals surface area contributed by atoms with Crippen molar-refractivity contribution in [1.82, 2.24) is 10.2 Å². The highest BCUT2D eigenvalue weighted by Gasteiger charge is 2.45. The van der Waals surface area contributed by atoms with E-state index in [0.717, 1.165) is 24.0 Å². The fraction of sp³-hybridized carbons (Fsp3) is 0.444. The van der Waals surface area contributed by atoms with Crippen molar-refractivity contribution in [2.75, 3.05) is 19.7 Å². The van der Waals surface area contributed by atoms with E-state index in [1.165, 1.54) is 0 Å². The Morgan fingerprint density at radius 2 is 1.80 bits per heavy atom. The zero-order valence-electron chi connectivity index (χ0n) is 19.7. The first-order valence-corrected chi connectivity index (χ1v) is 12.8. The standard InChI is InChI=1S/C27H30Cl2N2O4/c1-2-35-25(33)15-30-24(32)14-20-13-23(19-4-3-5-22(29)12-19)26(18-8-10-21(28)11-9-18)31(27(20)34)16-17-6-7-17/h3-5,8-12,17,20,23,26H,2,6-7,13-16H2,1H3,(H,30,32)/t20-,23-,26-/m1/s1. The van der Waals surface area contributed by atoms with Crippen molar-refractivity contribution < 1.29 is 19.1 Å². The van der Waals surface area contributed by atoms with E-state index in [-0.39, 0.29) is 43.3 Å². The summed E-state index contributed by atoms with van der Waals surface area (Å²) in [6.45, 7) is 2.41. The predicted molar refractivity (Wildman–Crippen MR) is 135 cm³/mol. The van der Waals surface area contributed by atoms with Crippen LogP contribution in [0.1, 0.15) is 55.7 Å². The van der Waals surface area contributed by atoms with E-state index in [0.29, 0.717) is 28.9 Å². The molecule has 4 rings (SSSR count). The van der Waals surface area contributed by atoms with Crippen LogP contribution in [0, 0.1) is 11.8 Å². The minimum absolute atomic E-state index is 0.0177. The van der Waals surface area contributed by atoms with E-state index in [4.69, 9.17) is 27.9 Å². The van der Waals surface area contributed by atoms with Crippen LogP contribution in [0.3, 0.4) is 0 Å². The molecule has 2 aromatic carbocycles. The van der Waals surface area contributed by atoms with Gasteiger partial charge >= 0.3 is 5.97 Å². The molecule has 8 heteroatoms. The number of carbonyl (C=O) groups is 3. The summed E-state index contributed by atoms with van der Waals surface area (Å²) in [6, 6.07) is 15.2. The monoisotopic (exact) mass is 516 g/mol. The number of hydrogen-bond donors (Lipinski definition) is 1. The fourth-order valence-corrected chi connectivity index (χ4v) is 5.21. The maximum Gasteiger partial charge on any atom is 0.325 e. The number of halogens is 2. The van der Waals surface area contributed by atoms with Gasteiger partial charge in [0.05, 0.1) is 12.6 Å². The molecule has 6 nitrogen and oxygen atoms in total. The number of esters is 1. The summed E-state index contributed by atoms with van der Waals surface area (Å²) in [6.07, 6.45) is 2.72. The Balaban J connectivity index is 1.63. The summed E-state index contributed by atoms with van der Waals surface area (Å²) in [5.41, 5.74) is 2.04. The van der Waals surface area contributed by atoms with Gasteiger partial charge in [-0.1, -0.05) is 47.5 Å². The molecule has 0 bridgehead atoms. The van der Waals surface area contributed by atoms with Crippen LogP contribution in [0.4, 0.5) is 0 Å². The SMILES string of the molecule is CCOC(=O)CNC(=O)C[C@H]1C[C@H](c2cccc(Cl)c2)[C@@H](c2ccc(Cl)cc2)N(CC2CC2)C1=O. The minimum atomic E-state index is -0.497. The number of likely N-dealkylation sites (tertiary alicyclic amines) is 1. The van der Waals surface area contributed by atoms with Gasteiger partial charge in [-0.2, -0.15) is 0 Å². The molecule has 35 heavy (non-hydrogen) atoms. The lowest BCUT2D eigenvalue weighted by Gasteiger charge is -2.45. The van der Waals surface area contributed by atoms with Crippen LogP contribution in [0.25, 0.3) is 0 Å². The number of nitrogens with one attached hydrogen (secondary N) is 1. The van der Waals surface area contributed by atoms with Gasteiger partial charge in [-0.05, 0) is 67.5 Å². The molecule has 2 aromatic rings. The Morgan fingerprint density at radius 1 is 1.06 bits per heavy atom. The summed E-state index contributed by atoms with van der Waals surface area (Å²) >= 11 is 12.5. The molecule has 2 amide bonds. The Hall–Kier alpha value is -2.57. The molecule has 2 aliphatic rings. The summed E-state index contributed by atoms with van der Waals surface area (Å²) in [4.78, 5) is 40.0. The second-order valence-electron chi connectivity index (χ2n) is 9.31. The summed E-state index contributed by atoms with van der Waals surface area (Å²) < 4.78 is 4.88. The van der Waals surface area contributed by atoms with Gasteiger partial charge in [0.15, 0.2) is 0 Å². The van der Waals surface area contributed by atoms with Gasteiger partial charge in [-0.25, -0.2) is 0 Å². The summed E-state index contributed by atoms with van der Waals surface area (Å²) in [7, 11) is 0. The molecule has 2 fully saturated rings. The third kappa shape index (κ3) is 6.56. The molecule has 1 heterocycles. The number of nitrogens with zero attached hydrogens (tertiary/aromatic N) is 1. The molecule has 1 aliphatic carbocycles. The van der Waals surface area contributed by atoms with Crippen LogP contribution in [0.15, 0.2) is 48.5 Å². The zero-order chi connectivity index (χ0) is 24.9. The van der Waals surface area contributed by atoms with Crippen molar-refractivity contribution in [3.63, 3.8) is 0 Å². The quantitative estimate of drug-likeness (QED) is 0.467. The lowest BCUT2D eigenvalue weighted by molar-refractivity contribution is -0.146. The maximum atomic E-state index is 13.8. The highest BCUT2D eigenvalue weighted by Crippen LogP contribution is 2.48. The average Bonchev–Trinajstić information content (AvgIpc) is 3.65. The van der Waals surface area contributed by atoms with Gasteiger partial charge in [0, 0.05) is 34.8 Å². The number of ether oxygens (including phenoxy) is 1. The van der Waals surface area contributed by atoms with Crippen molar-refractivity contribution >= 4 is 41.0 Å². The van der Waals surface area contributed by atoms with Gasteiger partial charge in [-0.3, -0.25) is 14.4 Å². The molecule has 0 aromatic heterocycles. The third-order valence-electron chi connectivity index (χ3n) is 6.69. The van der Waals surface area contributed by atoms with E-state index < -0.39 is 11.9 Å². The van der Waals surface area contributed by atoms with Crippen LogP contribution in [0.5, 0.6) is 0 Å². The topological polar surface area (TPSA) is 75.7 Å².